The Hall–Kier alpha value is -1.82. The maximum atomic E-state index is 12.7. The molecule has 4 nitrogen and oxygen atoms in total. The monoisotopic (exact) mass is 289 g/mol. The SMILES string of the molecule is COc1cc(Cl)c(OC)c2c(=O)cc(C(F)F)[nH]c12. The molecule has 2 aromatic rings. The van der Waals surface area contributed by atoms with E-state index < -0.39 is 17.5 Å². The van der Waals surface area contributed by atoms with Crippen molar-refractivity contribution in [3.8, 4) is 11.5 Å². The van der Waals surface area contributed by atoms with Crippen LogP contribution in [-0.2, 0) is 0 Å². The van der Waals surface area contributed by atoms with Gasteiger partial charge in [-0.15, -0.1) is 0 Å². The fraction of sp³-hybridized carbons (Fsp3) is 0.250. The number of methoxy groups -OCH3 is 2. The van der Waals surface area contributed by atoms with E-state index in [1.165, 1.54) is 20.3 Å². The fourth-order valence-electron chi connectivity index (χ4n) is 1.84. The predicted molar refractivity (Wildman–Crippen MR) is 67.6 cm³/mol. The first-order chi connectivity index (χ1) is 8.99. The van der Waals surface area contributed by atoms with E-state index in [2.05, 4.69) is 4.98 Å². The molecule has 19 heavy (non-hydrogen) atoms. The number of benzene rings is 1. The lowest BCUT2D eigenvalue weighted by Crippen LogP contribution is -2.08. The number of hydrogen-bond donors (Lipinski definition) is 1. The van der Waals surface area contributed by atoms with Gasteiger partial charge in [-0.3, -0.25) is 4.79 Å². The van der Waals surface area contributed by atoms with Crippen LogP contribution in [0.15, 0.2) is 16.9 Å². The van der Waals surface area contributed by atoms with Gasteiger partial charge in [0.25, 0.3) is 6.43 Å². The summed E-state index contributed by atoms with van der Waals surface area (Å²) in [4.78, 5) is 14.4. The quantitative estimate of drug-likeness (QED) is 0.944. The summed E-state index contributed by atoms with van der Waals surface area (Å²) in [6.45, 7) is 0. The van der Waals surface area contributed by atoms with Gasteiger partial charge in [0.2, 0.25) is 0 Å². The highest BCUT2D eigenvalue weighted by atomic mass is 35.5. The van der Waals surface area contributed by atoms with E-state index in [9.17, 15) is 13.6 Å². The smallest absolute Gasteiger partial charge is 0.278 e. The van der Waals surface area contributed by atoms with E-state index in [0.717, 1.165) is 6.07 Å². The lowest BCUT2D eigenvalue weighted by atomic mass is 10.1. The van der Waals surface area contributed by atoms with Gasteiger partial charge in [0.1, 0.15) is 5.75 Å². The first-order valence-corrected chi connectivity index (χ1v) is 5.63. The number of pyridine rings is 1. The van der Waals surface area contributed by atoms with Crippen molar-refractivity contribution in [2.45, 2.75) is 6.43 Å². The van der Waals surface area contributed by atoms with Gasteiger partial charge < -0.3 is 14.5 Å². The second-order valence-corrected chi connectivity index (χ2v) is 4.14. The third-order valence-electron chi connectivity index (χ3n) is 2.66. The molecule has 2 rings (SSSR count). The van der Waals surface area contributed by atoms with E-state index >= 15 is 0 Å². The Labute approximate surface area is 111 Å². The van der Waals surface area contributed by atoms with Crippen LogP contribution in [0.5, 0.6) is 11.5 Å². The maximum absolute atomic E-state index is 12.7. The minimum atomic E-state index is -2.79. The molecule has 0 bridgehead atoms. The molecule has 0 aliphatic carbocycles. The maximum Gasteiger partial charge on any atom is 0.278 e. The Morgan fingerprint density at radius 1 is 1.26 bits per heavy atom. The van der Waals surface area contributed by atoms with Crippen LogP contribution < -0.4 is 14.9 Å². The zero-order valence-corrected chi connectivity index (χ0v) is 10.8. The van der Waals surface area contributed by atoms with Crippen molar-refractivity contribution in [3.05, 3.63) is 33.1 Å². The minimum Gasteiger partial charge on any atom is -0.494 e. The molecule has 0 saturated carbocycles. The molecule has 0 spiro atoms. The molecule has 0 aliphatic rings. The van der Waals surface area contributed by atoms with Crippen molar-refractivity contribution >= 4 is 22.5 Å². The molecule has 0 saturated heterocycles. The highest BCUT2D eigenvalue weighted by Crippen LogP contribution is 2.37. The van der Waals surface area contributed by atoms with Crippen LogP contribution in [0.4, 0.5) is 8.78 Å². The number of halogens is 3. The third-order valence-corrected chi connectivity index (χ3v) is 2.94. The fourth-order valence-corrected chi connectivity index (χ4v) is 2.11. The summed E-state index contributed by atoms with van der Waals surface area (Å²) >= 11 is 5.96. The van der Waals surface area contributed by atoms with Crippen LogP contribution in [0, 0.1) is 0 Å². The lowest BCUT2D eigenvalue weighted by molar-refractivity contribution is 0.146. The molecule has 0 atom stereocenters. The lowest BCUT2D eigenvalue weighted by Gasteiger charge is -2.12. The molecule has 1 heterocycles. The van der Waals surface area contributed by atoms with Crippen LogP contribution in [0.1, 0.15) is 12.1 Å². The first kappa shape index (κ1) is 13.6. The number of alkyl halides is 2. The number of aromatic nitrogens is 1. The highest BCUT2D eigenvalue weighted by Gasteiger charge is 2.19. The number of ether oxygens (including phenoxy) is 2. The number of rotatable bonds is 3. The van der Waals surface area contributed by atoms with Gasteiger partial charge in [0.05, 0.1) is 35.8 Å². The van der Waals surface area contributed by atoms with E-state index in [0.29, 0.717) is 0 Å². The summed E-state index contributed by atoms with van der Waals surface area (Å²) in [7, 11) is 2.69. The molecule has 1 aromatic heterocycles. The summed E-state index contributed by atoms with van der Waals surface area (Å²) in [5.41, 5.74) is -0.964. The normalized spacial score (nSPS) is 11.1. The molecule has 1 aromatic carbocycles. The van der Waals surface area contributed by atoms with Gasteiger partial charge in [-0.05, 0) is 0 Å². The van der Waals surface area contributed by atoms with E-state index in [1.807, 2.05) is 0 Å². The molecule has 1 N–H and O–H groups in total. The summed E-state index contributed by atoms with van der Waals surface area (Å²) < 4.78 is 35.5. The summed E-state index contributed by atoms with van der Waals surface area (Å²) in [5, 5.41) is 0.249. The molecule has 0 unspecified atom stereocenters. The standard InChI is InChI=1S/C12H10ClF2NO3/c1-18-8-3-5(13)11(19-2)9-7(17)4-6(12(14)15)16-10(8)9/h3-4,12H,1-2H3,(H,16,17). The second kappa shape index (κ2) is 5.05. The molecule has 7 heteroatoms. The molecule has 0 fully saturated rings. The van der Waals surface area contributed by atoms with Crippen molar-refractivity contribution in [2.24, 2.45) is 0 Å². The average Bonchev–Trinajstić information content (AvgIpc) is 2.38. The molecule has 0 amide bonds. The van der Waals surface area contributed by atoms with Gasteiger partial charge in [-0.2, -0.15) is 0 Å². The Kier molecular flexibility index (Phi) is 3.61. The summed E-state index contributed by atoms with van der Waals surface area (Å²) in [5.74, 6) is 0.319. The van der Waals surface area contributed by atoms with Gasteiger partial charge in [0, 0.05) is 12.1 Å². The van der Waals surface area contributed by atoms with Crippen molar-refractivity contribution in [1.29, 1.82) is 0 Å². The number of fused-ring (bicyclic) bond motifs is 1. The van der Waals surface area contributed by atoms with Gasteiger partial charge >= 0.3 is 0 Å². The van der Waals surface area contributed by atoms with E-state index in [-0.39, 0.29) is 27.4 Å². The minimum absolute atomic E-state index is 0.0799. The van der Waals surface area contributed by atoms with Gasteiger partial charge in [-0.25, -0.2) is 8.78 Å². The number of hydrogen-bond acceptors (Lipinski definition) is 3. The number of aromatic amines is 1. The van der Waals surface area contributed by atoms with Crippen LogP contribution in [-0.4, -0.2) is 19.2 Å². The van der Waals surface area contributed by atoms with Crippen LogP contribution in [0.25, 0.3) is 10.9 Å². The largest absolute Gasteiger partial charge is 0.494 e. The van der Waals surface area contributed by atoms with Gasteiger partial charge in [-0.1, -0.05) is 11.6 Å². The molecular formula is C12H10ClF2NO3. The van der Waals surface area contributed by atoms with Crippen molar-refractivity contribution < 1.29 is 18.3 Å². The summed E-state index contributed by atoms with van der Waals surface area (Å²) in [6.07, 6.45) is -2.79. The Bertz CT molecular complexity index is 685. The van der Waals surface area contributed by atoms with E-state index in [1.54, 1.807) is 0 Å². The molecule has 0 aliphatic heterocycles. The second-order valence-electron chi connectivity index (χ2n) is 3.73. The Morgan fingerprint density at radius 3 is 2.47 bits per heavy atom. The predicted octanol–water partition coefficient (Wildman–Crippen LogP) is 3.14. The van der Waals surface area contributed by atoms with Gasteiger partial charge in [0.15, 0.2) is 11.2 Å². The topological polar surface area (TPSA) is 51.3 Å². The van der Waals surface area contributed by atoms with Crippen LogP contribution >= 0.6 is 11.6 Å². The van der Waals surface area contributed by atoms with Crippen molar-refractivity contribution in [2.75, 3.05) is 14.2 Å². The van der Waals surface area contributed by atoms with Crippen LogP contribution in [0.2, 0.25) is 5.02 Å². The zero-order chi connectivity index (χ0) is 14.2. The number of nitrogens with one attached hydrogen (secondary N) is 1. The first-order valence-electron chi connectivity index (χ1n) is 5.25. The molecular weight excluding hydrogens is 280 g/mol. The molecule has 102 valence electrons. The van der Waals surface area contributed by atoms with Crippen molar-refractivity contribution in [1.82, 2.24) is 4.98 Å². The Morgan fingerprint density at radius 2 is 1.95 bits per heavy atom. The third kappa shape index (κ3) is 2.23. The Balaban J connectivity index is 2.95. The highest BCUT2D eigenvalue weighted by molar-refractivity contribution is 6.33. The average molecular weight is 290 g/mol. The van der Waals surface area contributed by atoms with Crippen LogP contribution in [0.3, 0.4) is 0 Å². The van der Waals surface area contributed by atoms with Crippen molar-refractivity contribution in [3.63, 3.8) is 0 Å². The summed E-state index contributed by atoms with van der Waals surface area (Å²) in [6, 6.07) is 2.22. The molecule has 0 radical (unpaired) electrons. The van der Waals surface area contributed by atoms with E-state index in [4.69, 9.17) is 21.1 Å². The number of H-pyrrole nitrogens is 1. The zero-order valence-electron chi connectivity index (χ0n) is 10.1.